The molecule has 1 amide bonds. The highest BCUT2D eigenvalue weighted by molar-refractivity contribution is 8.01. The summed E-state index contributed by atoms with van der Waals surface area (Å²) >= 11 is 2.94. The van der Waals surface area contributed by atoms with Crippen LogP contribution in [0.3, 0.4) is 0 Å². The summed E-state index contributed by atoms with van der Waals surface area (Å²) in [7, 11) is -3.74. The highest BCUT2D eigenvalue weighted by Crippen LogP contribution is 2.32. The van der Waals surface area contributed by atoms with E-state index in [0.717, 1.165) is 6.42 Å². The van der Waals surface area contributed by atoms with Gasteiger partial charge in [-0.3, -0.25) is 9.52 Å². The molecular weight excluding hydrogens is 428 g/mol. The molecule has 1 aliphatic carbocycles. The van der Waals surface area contributed by atoms with Gasteiger partial charge in [0.1, 0.15) is 5.01 Å². The Morgan fingerprint density at radius 1 is 1.21 bits per heavy atom. The van der Waals surface area contributed by atoms with Crippen molar-refractivity contribution in [2.24, 2.45) is 0 Å². The molecule has 0 saturated heterocycles. The van der Waals surface area contributed by atoms with Crippen LogP contribution in [0.1, 0.15) is 50.5 Å². The van der Waals surface area contributed by atoms with Crippen molar-refractivity contribution in [1.82, 2.24) is 10.2 Å². The summed E-state index contributed by atoms with van der Waals surface area (Å²) < 4.78 is 27.3. The lowest BCUT2D eigenvalue weighted by atomic mass is 10.0. The van der Waals surface area contributed by atoms with Gasteiger partial charge < -0.3 is 5.32 Å². The number of carbonyl (C=O) groups excluding carboxylic acids is 1. The van der Waals surface area contributed by atoms with Crippen molar-refractivity contribution in [1.29, 1.82) is 0 Å². The number of sulfonamides is 1. The zero-order valence-electron chi connectivity index (χ0n) is 16.6. The Balaban J connectivity index is 1.60. The first kappa shape index (κ1) is 22.0. The van der Waals surface area contributed by atoms with Crippen LogP contribution < -0.4 is 10.0 Å². The van der Waals surface area contributed by atoms with Gasteiger partial charge in [0.15, 0.2) is 0 Å². The van der Waals surface area contributed by atoms with E-state index in [2.05, 4.69) is 20.2 Å². The molecule has 1 unspecified atom stereocenters. The quantitative estimate of drug-likeness (QED) is 0.612. The number of aromatic nitrogens is 2. The fourth-order valence-electron chi connectivity index (χ4n) is 3.23. The highest BCUT2D eigenvalue weighted by atomic mass is 32.2. The normalized spacial score (nSPS) is 16.3. The van der Waals surface area contributed by atoms with E-state index in [9.17, 15) is 13.2 Å². The first-order valence-corrected chi connectivity index (χ1v) is 13.0. The van der Waals surface area contributed by atoms with Gasteiger partial charge in [-0.15, -0.1) is 22.0 Å². The van der Waals surface area contributed by atoms with Crippen LogP contribution in [0.5, 0.6) is 0 Å². The second-order valence-electron chi connectivity index (χ2n) is 7.04. The van der Waals surface area contributed by atoms with Crippen LogP contribution in [-0.4, -0.2) is 35.0 Å². The predicted molar refractivity (Wildman–Crippen MR) is 119 cm³/mol. The number of carbonyl (C=O) groups is 1. The Labute approximate surface area is 180 Å². The molecule has 1 fully saturated rings. The van der Waals surface area contributed by atoms with E-state index in [4.69, 9.17) is 0 Å². The summed E-state index contributed by atoms with van der Waals surface area (Å²) in [4.78, 5) is 12.8. The summed E-state index contributed by atoms with van der Waals surface area (Å²) in [6.07, 6.45) is 6.92. The molecule has 2 aromatic rings. The molecule has 1 aromatic carbocycles. The molecule has 1 atom stereocenters. The van der Waals surface area contributed by atoms with Crippen molar-refractivity contribution in [3.63, 3.8) is 0 Å². The van der Waals surface area contributed by atoms with Crippen molar-refractivity contribution in [2.45, 2.75) is 67.8 Å². The topological polar surface area (TPSA) is 101 Å². The van der Waals surface area contributed by atoms with Gasteiger partial charge in [0.2, 0.25) is 11.0 Å². The van der Waals surface area contributed by atoms with Crippen LogP contribution in [0.4, 0.5) is 10.8 Å². The summed E-state index contributed by atoms with van der Waals surface area (Å²) in [5.41, 5.74) is 0.586. The number of aryl methyl sites for hydroxylation is 1. The molecule has 0 bridgehead atoms. The van der Waals surface area contributed by atoms with Gasteiger partial charge in [-0.1, -0.05) is 37.5 Å². The zero-order chi connectivity index (χ0) is 20.9. The smallest absolute Gasteiger partial charge is 0.263 e. The van der Waals surface area contributed by atoms with Gasteiger partial charge in [0, 0.05) is 10.9 Å². The van der Waals surface area contributed by atoms with E-state index >= 15 is 0 Å². The molecule has 7 nitrogen and oxygen atoms in total. The predicted octanol–water partition coefficient (Wildman–Crippen LogP) is 4.43. The second-order valence-corrected chi connectivity index (χ2v) is 11.4. The molecule has 3 rings (SSSR count). The van der Waals surface area contributed by atoms with Crippen LogP contribution in [-0.2, 0) is 14.8 Å². The number of benzene rings is 1. The molecule has 0 radical (unpaired) electrons. The average Bonchev–Trinajstić information content (AvgIpc) is 3.11. The van der Waals surface area contributed by atoms with Gasteiger partial charge in [0.25, 0.3) is 10.0 Å². The van der Waals surface area contributed by atoms with Gasteiger partial charge in [-0.2, -0.15) is 0 Å². The van der Waals surface area contributed by atoms with Gasteiger partial charge in [0.05, 0.1) is 10.1 Å². The third-order valence-electron chi connectivity index (χ3n) is 4.75. The largest absolute Gasteiger partial charge is 0.325 e. The SMILES string of the molecule is CCC(SC1CCCCC1)C(=O)Nc1ccc(S(=O)(=O)Nc2nnc(C)s2)cc1. The number of hydrogen-bond acceptors (Lipinski definition) is 7. The summed E-state index contributed by atoms with van der Waals surface area (Å²) in [6, 6.07) is 6.16. The van der Waals surface area contributed by atoms with Crippen LogP contribution in [0.2, 0.25) is 0 Å². The maximum atomic E-state index is 12.7. The Kier molecular flexibility index (Phi) is 7.53. The lowest BCUT2D eigenvalue weighted by Crippen LogP contribution is -2.27. The van der Waals surface area contributed by atoms with E-state index in [1.54, 1.807) is 30.8 Å². The molecule has 1 aliphatic rings. The lowest BCUT2D eigenvalue weighted by Gasteiger charge is -2.25. The molecule has 10 heteroatoms. The lowest BCUT2D eigenvalue weighted by molar-refractivity contribution is -0.115. The van der Waals surface area contributed by atoms with Crippen molar-refractivity contribution in [3.05, 3.63) is 29.3 Å². The van der Waals surface area contributed by atoms with Crippen LogP contribution >= 0.6 is 23.1 Å². The average molecular weight is 455 g/mol. The molecule has 29 heavy (non-hydrogen) atoms. The minimum Gasteiger partial charge on any atom is -0.325 e. The summed E-state index contributed by atoms with van der Waals surface area (Å²) in [6.45, 7) is 3.78. The fourth-order valence-corrected chi connectivity index (χ4v) is 6.50. The Hall–Kier alpha value is -1.65. The fraction of sp³-hybridized carbons (Fsp3) is 0.526. The number of rotatable bonds is 8. The van der Waals surface area contributed by atoms with Crippen LogP contribution in [0, 0.1) is 6.92 Å². The molecule has 1 aromatic heterocycles. The monoisotopic (exact) mass is 454 g/mol. The molecule has 0 aliphatic heterocycles. The number of nitrogens with zero attached hydrogens (tertiary/aromatic N) is 2. The first-order chi connectivity index (χ1) is 13.9. The Morgan fingerprint density at radius 3 is 2.48 bits per heavy atom. The maximum absolute atomic E-state index is 12.7. The molecule has 0 spiro atoms. The minimum absolute atomic E-state index is 0.0267. The number of anilines is 2. The number of thioether (sulfide) groups is 1. The van der Waals surface area contributed by atoms with E-state index in [0.29, 0.717) is 15.9 Å². The number of hydrogen-bond donors (Lipinski definition) is 2. The molecule has 158 valence electrons. The zero-order valence-corrected chi connectivity index (χ0v) is 19.0. The number of nitrogens with one attached hydrogen (secondary N) is 2. The van der Waals surface area contributed by atoms with E-state index < -0.39 is 10.0 Å². The Morgan fingerprint density at radius 2 is 1.90 bits per heavy atom. The summed E-state index contributed by atoms with van der Waals surface area (Å²) in [5, 5.41) is 11.9. The van der Waals surface area contributed by atoms with Gasteiger partial charge in [-0.25, -0.2) is 8.42 Å². The number of amides is 1. The molecule has 2 N–H and O–H groups in total. The van der Waals surface area contributed by atoms with Crippen LogP contribution in [0.25, 0.3) is 0 Å². The third-order valence-corrected chi connectivity index (χ3v) is 8.72. The first-order valence-electron chi connectivity index (χ1n) is 9.76. The van der Waals surface area contributed by atoms with E-state index in [1.165, 1.54) is 55.6 Å². The van der Waals surface area contributed by atoms with Crippen LogP contribution in [0.15, 0.2) is 29.2 Å². The summed E-state index contributed by atoms with van der Waals surface area (Å²) in [5.74, 6) is -0.0267. The molecule has 1 saturated carbocycles. The third kappa shape index (κ3) is 6.16. The van der Waals surface area contributed by atoms with Crippen molar-refractivity contribution >= 4 is 49.8 Å². The second kappa shape index (κ2) is 9.90. The van der Waals surface area contributed by atoms with Crippen molar-refractivity contribution in [3.8, 4) is 0 Å². The van der Waals surface area contributed by atoms with Crippen molar-refractivity contribution < 1.29 is 13.2 Å². The highest BCUT2D eigenvalue weighted by Gasteiger charge is 2.24. The Bertz CT molecular complexity index is 922. The van der Waals surface area contributed by atoms with Crippen molar-refractivity contribution in [2.75, 3.05) is 10.0 Å². The standard InChI is InChI=1S/C19H26N4O3S3/c1-3-17(28-15-7-5-4-6-8-15)18(24)20-14-9-11-16(12-10-14)29(25,26)23-19-22-21-13(2)27-19/h9-12,15,17H,3-8H2,1-2H3,(H,20,24)(H,22,23). The maximum Gasteiger partial charge on any atom is 0.263 e. The van der Waals surface area contributed by atoms with E-state index in [1.807, 2.05) is 6.92 Å². The molecular formula is C19H26N4O3S3. The van der Waals surface area contributed by atoms with Gasteiger partial charge in [-0.05, 0) is 50.5 Å². The molecule has 1 heterocycles. The minimum atomic E-state index is -3.74. The van der Waals surface area contributed by atoms with E-state index in [-0.39, 0.29) is 21.2 Å². The van der Waals surface area contributed by atoms with Gasteiger partial charge >= 0.3 is 0 Å².